The van der Waals surface area contributed by atoms with E-state index in [1.165, 1.54) is 37.4 Å². The quantitative estimate of drug-likeness (QED) is 0.868. The van der Waals surface area contributed by atoms with E-state index in [4.69, 9.17) is 11.6 Å². The van der Waals surface area contributed by atoms with Crippen LogP contribution in [-0.4, -0.2) is 21.5 Å². The number of benzene rings is 2. The highest BCUT2D eigenvalue weighted by atomic mass is 35.5. The van der Waals surface area contributed by atoms with Gasteiger partial charge in [-0.25, -0.2) is 13.2 Å². The number of methoxy groups -OCH3 is 1. The summed E-state index contributed by atoms with van der Waals surface area (Å²) in [6.07, 6.45) is 0. The summed E-state index contributed by atoms with van der Waals surface area (Å²) in [6, 6.07) is 10.5. The SMILES string of the molecule is COC(=O)c1cccc(NS(=O)(=O)c2ccc(Cl)c(C)c2)c1. The van der Waals surface area contributed by atoms with Gasteiger partial charge >= 0.3 is 5.97 Å². The maximum atomic E-state index is 12.3. The highest BCUT2D eigenvalue weighted by molar-refractivity contribution is 7.92. The first-order chi connectivity index (χ1) is 10.3. The van der Waals surface area contributed by atoms with Gasteiger partial charge in [0, 0.05) is 10.7 Å². The van der Waals surface area contributed by atoms with E-state index < -0.39 is 16.0 Å². The van der Waals surface area contributed by atoms with Crippen LogP contribution < -0.4 is 4.72 Å². The second-order valence-electron chi connectivity index (χ2n) is 4.59. The number of anilines is 1. The molecule has 0 aliphatic carbocycles. The summed E-state index contributed by atoms with van der Waals surface area (Å²) in [5.74, 6) is -0.539. The Morgan fingerprint density at radius 1 is 1.18 bits per heavy atom. The lowest BCUT2D eigenvalue weighted by molar-refractivity contribution is 0.0601. The first-order valence-electron chi connectivity index (χ1n) is 6.31. The number of nitrogens with one attached hydrogen (secondary N) is 1. The van der Waals surface area contributed by atoms with E-state index in [2.05, 4.69) is 9.46 Å². The minimum Gasteiger partial charge on any atom is -0.465 e. The van der Waals surface area contributed by atoms with Gasteiger partial charge in [-0.3, -0.25) is 4.72 Å². The fraction of sp³-hybridized carbons (Fsp3) is 0.133. The Morgan fingerprint density at radius 2 is 1.91 bits per heavy atom. The number of carbonyl (C=O) groups is 1. The van der Waals surface area contributed by atoms with Gasteiger partial charge in [-0.1, -0.05) is 17.7 Å². The molecule has 0 spiro atoms. The van der Waals surface area contributed by atoms with Gasteiger partial charge in [0.15, 0.2) is 0 Å². The zero-order valence-electron chi connectivity index (χ0n) is 12.0. The molecule has 0 atom stereocenters. The molecule has 2 aromatic rings. The first-order valence-corrected chi connectivity index (χ1v) is 8.17. The maximum Gasteiger partial charge on any atom is 0.337 e. The molecule has 2 aromatic carbocycles. The maximum absolute atomic E-state index is 12.3. The number of rotatable bonds is 4. The number of hydrogen-bond acceptors (Lipinski definition) is 4. The largest absolute Gasteiger partial charge is 0.465 e. The predicted octanol–water partition coefficient (Wildman–Crippen LogP) is 3.24. The smallest absolute Gasteiger partial charge is 0.337 e. The Balaban J connectivity index is 2.32. The molecule has 0 saturated carbocycles. The predicted molar refractivity (Wildman–Crippen MR) is 84.8 cm³/mol. The molecule has 0 aromatic heterocycles. The summed E-state index contributed by atoms with van der Waals surface area (Å²) in [6.45, 7) is 1.72. The van der Waals surface area contributed by atoms with Gasteiger partial charge in [-0.05, 0) is 48.9 Å². The Bertz CT molecular complexity index is 818. The van der Waals surface area contributed by atoms with Crippen molar-refractivity contribution in [1.82, 2.24) is 0 Å². The first kappa shape index (κ1) is 16.3. The van der Waals surface area contributed by atoms with Crippen molar-refractivity contribution in [2.75, 3.05) is 11.8 Å². The lowest BCUT2D eigenvalue weighted by Gasteiger charge is -2.10. The zero-order valence-corrected chi connectivity index (χ0v) is 13.5. The summed E-state index contributed by atoms with van der Waals surface area (Å²) in [5, 5.41) is 0.492. The second kappa shape index (κ2) is 6.37. The van der Waals surface area contributed by atoms with Crippen molar-refractivity contribution in [3.63, 3.8) is 0 Å². The van der Waals surface area contributed by atoms with E-state index in [1.807, 2.05) is 0 Å². The average Bonchev–Trinajstić information content (AvgIpc) is 2.49. The molecule has 116 valence electrons. The van der Waals surface area contributed by atoms with E-state index in [-0.39, 0.29) is 16.1 Å². The fourth-order valence-electron chi connectivity index (χ4n) is 1.83. The van der Waals surface area contributed by atoms with E-state index in [9.17, 15) is 13.2 Å². The van der Waals surface area contributed by atoms with Crippen molar-refractivity contribution >= 4 is 33.3 Å². The van der Waals surface area contributed by atoms with Gasteiger partial charge in [-0.15, -0.1) is 0 Å². The van der Waals surface area contributed by atoms with Crippen LogP contribution in [0.5, 0.6) is 0 Å². The average molecular weight is 340 g/mol. The van der Waals surface area contributed by atoms with Crippen molar-refractivity contribution < 1.29 is 17.9 Å². The molecule has 22 heavy (non-hydrogen) atoms. The molecule has 0 aliphatic rings. The zero-order chi connectivity index (χ0) is 16.3. The van der Waals surface area contributed by atoms with E-state index >= 15 is 0 Å². The second-order valence-corrected chi connectivity index (χ2v) is 6.68. The third kappa shape index (κ3) is 3.58. The van der Waals surface area contributed by atoms with Gasteiger partial charge in [0.2, 0.25) is 0 Å². The van der Waals surface area contributed by atoms with Crippen molar-refractivity contribution in [3.8, 4) is 0 Å². The Hall–Kier alpha value is -2.05. The highest BCUT2D eigenvalue weighted by Crippen LogP contribution is 2.22. The molecule has 5 nitrogen and oxygen atoms in total. The van der Waals surface area contributed by atoms with Gasteiger partial charge in [0.1, 0.15) is 0 Å². The van der Waals surface area contributed by atoms with Gasteiger partial charge in [-0.2, -0.15) is 0 Å². The molecular weight excluding hydrogens is 326 g/mol. The number of halogens is 1. The standard InChI is InChI=1S/C15H14ClNO4S/c1-10-8-13(6-7-14(10)16)22(19,20)17-12-5-3-4-11(9-12)15(18)21-2/h3-9,17H,1-2H3. The molecule has 1 N–H and O–H groups in total. The Labute approximate surface area is 133 Å². The van der Waals surface area contributed by atoms with Crippen LogP contribution in [-0.2, 0) is 14.8 Å². The highest BCUT2D eigenvalue weighted by Gasteiger charge is 2.16. The number of aryl methyl sites for hydroxylation is 1. The lowest BCUT2D eigenvalue weighted by Crippen LogP contribution is -2.13. The third-order valence-corrected chi connectivity index (χ3v) is 4.78. The molecule has 0 bridgehead atoms. The molecule has 0 saturated heterocycles. The monoisotopic (exact) mass is 339 g/mol. The molecule has 0 heterocycles. The summed E-state index contributed by atoms with van der Waals surface area (Å²) in [5.41, 5.74) is 1.19. The summed E-state index contributed by atoms with van der Waals surface area (Å²) >= 11 is 5.90. The normalized spacial score (nSPS) is 11.0. The molecule has 0 unspecified atom stereocenters. The minimum atomic E-state index is -3.76. The van der Waals surface area contributed by atoms with Crippen LogP contribution in [0.25, 0.3) is 0 Å². The van der Waals surface area contributed by atoms with Gasteiger partial charge in [0.25, 0.3) is 10.0 Å². The number of ether oxygens (including phenoxy) is 1. The van der Waals surface area contributed by atoms with E-state index in [0.29, 0.717) is 10.6 Å². The number of carbonyl (C=O) groups excluding carboxylic acids is 1. The molecule has 0 amide bonds. The summed E-state index contributed by atoms with van der Waals surface area (Å²) < 4.78 is 31.7. The van der Waals surface area contributed by atoms with Crippen molar-refractivity contribution in [2.24, 2.45) is 0 Å². The van der Waals surface area contributed by atoms with Crippen molar-refractivity contribution in [1.29, 1.82) is 0 Å². The lowest BCUT2D eigenvalue weighted by atomic mass is 10.2. The summed E-state index contributed by atoms with van der Waals surface area (Å²) in [7, 11) is -2.50. The Morgan fingerprint density at radius 3 is 2.55 bits per heavy atom. The third-order valence-electron chi connectivity index (χ3n) is 2.98. The number of esters is 1. The molecule has 7 heteroatoms. The van der Waals surface area contributed by atoms with Crippen LogP contribution in [0, 0.1) is 6.92 Å². The summed E-state index contributed by atoms with van der Waals surface area (Å²) in [4.78, 5) is 11.6. The van der Waals surface area contributed by atoms with Crippen molar-refractivity contribution in [3.05, 3.63) is 58.6 Å². The number of hydrogen-bond donors (Lipinski definition) is 1. The molecule has 0 radical (unpaired) electrons. The van der Waals surface area contributed by atoms with Gasteiger partial charge < -0.3 is 4.74 Å². The van der Waals surface area contributed by atoms with E-state index in [1.54, 1.807) is 19.1 Å². The molecule has 2 rings (SSSR count). The topological polar surface area (TPSA) is 72.5 Å². The molecule has 0 aliphatic heterocycles. The van der Waals surface area contributed by atoms with Crippen LogP contribution in [0.15, 0.2) is 47.4 Å². The van der Waals surface area contributed by atoms with Crippen LogP contribution >= 0.6 is 11.6 Å². The molecular formula is C15H14ClNO4S. The van der Waals surface area contributed by atoms with Crippen LogP contribution in [0.4, 0.5) is 5.69 Å². The Kier molecular flexibility index (Phi) is 4.73. The fourth-order valence-corrected chi connectivity index (χ4v) is 3.08. The van der Waals surface area contributed by atoms with Crippen molar-refractivity contribution in [2.45, 2.75) is 11.8 Å². The minimum absolute atomic E-state index is 0.0953. The van der Waals surface area contributed by atoms with Crippen LogP contribution in [0.3, 0.4) is 0 Å². The molecule has 0 fully saturated rings. The van der Waals surface area contributed by atoms with E-state index in [0.717, 1.165) is 0 Å². The van der Waals surface area contributed by atoms with Gasteiger partial charge in [0.05, 0.1) is 17.6 Å². The van der Waals surface area contributed by atoms with Crippen LogP contribution in [0.2, 0.25) is 5.02 Å². The van der Waals surface area contributed by atoms with Crippen LogP contribution in [0.1, 0.15) is 15.9 Å². The number of sulfonamides is 1.